The van der Waals surface area contributed by atoms with Crippen LogP contribution in [0.4, 0.5) is 0 Å². The molecule has 4 heteroatoms. The number of rotatable bonds is 0. The molecule has 0 aliphatic carbocycles. The molecule has 3 nitrogen and oxygen atoms in total. The van der Waals surface area contributed by atoms with Crippen LogP contribution in [0.25, 0.3) is 0 Å². The number of amides is 1. The van der Waals surface area contributed by atoms with Crippen LogP contribution in [0, 0.1) is 6.92 Å². The summed E-state index contributed by atoms with van der Waals surface area (Å²) >= 11 is 0. The number of carbonyl (C=O) groups is 1. The van der Waals surface area contributed by atoms with Crippen molar-refractivity contribution >= 4 is 16.9 Å². The number of nitrogens with zero attached hydrogens (tertiary/aromatic N) is 1. The summed E-state index contributed by atoms with van der Waals surface area (Å²) in [6, 6.07) is 5.38. The Kier molecular flexibility index (Phi) is 1.73. The van der Waals surface area contributed by atoms with Crippen molar-refractivity contribution < 1.29 is 9.00 Å². The fraction of sp³-hybridized carbons (Fsp3) is 0.222. The number of hydrogen-bond acceptors (Lipinski definition) is 2. The lowest BCUT2D eigenvalue weighted by molar-refractivity contribution is 0.0895. The first kappa shape index (κ1) is 8.44. The highest BCUT2D eigenvalue weighted by atomic mass is 32.2. The molecule has 0 saturated carbocycles. The van der Waals surface area contributed by atoms with Crippen LogP contribution in [0.3, 0.4) is 0 Å². The third-order valence-corrected chi connectivity index (χ3v) is 3.47. The van der Waals surface area contributed by atoms with Crippen molar-refractivity contribution in [3.63, 3.8) is 0 Å². The van der Waals surface area contributed by atoms with Crippen LogP contribution in [0.2, 0.25) is 0 Å². The maximum atomic E-state index is 11.6. The van der Waals surface area contributed by atoms with Gasteiger partial charge in [0.1, 0.15) is 0 Å². The van der Waals surface area contributed by atoms with Gasteiger partial charge in [0.15, 0.2) is 11.0 Å². The van der Waals surface area contributed by atoms with Gasteiger partial charge in [0.25, 0.3) is 5.91 Å². The fourth-order valence-electron chi connectivity index (χ4n) is 1.34. The summed E-state index contributed by atoms with van der Waals surface area (Å²) in [5.41, 5.74) is 1.58. The topological polar surface area (TPSA) is 37.4 Å². The molecular weight excluding hydrogens is 186 g/mol. The Bertz CT molecular complexity index is 414. The molecule has 0 aromatic heterocycles. The number of fused-ring (bicyclic) bond motifs is 1. The van der Waals surface area contributed by atoms with Crippen molar-refractivity contribution in [2.24, 2.45) is 0 Å². The van der Waals surface area contributed by atoms with Gasteiger partial charge in [-0.3, -0.25) is 9.10 Å². The van der Waals surface area contributed by atoms with E-state index in [1.54, 1.807) is 19.2 Å². The van der Waals surface area contributed by atoms with E-state index in [2.05, 4.69) is 0 Å². The van der Waals surface area contributed by atoms with Crippen molar-refractivity contribution in [3.8, 4) is 0 Å². The smallest absolute Gasteiger partial charge is 0.266 e. The highest BCUT2D eigenvalue weighted by Gasteiger charge is 2.31. The second-order valence-corrected chi connectivity index (χ2v) is 4.54. The van der Waals surface area contributed by atoms with Gasteiger partial charge in [-0.1, -0.05) is 6.07 Å². The van der Waals surface area contributed by atoms with Gasteiger partial charge in [0.05, 0.1) is 10.5 Å². The van der Waals surface area contributed by atoms with Crippen LogP contribution in [0.15, 0.2) is 23.1 Å². The molecule has 1 amide bonds. The van der Waals surface area contributed by atoms with Gasteiger partial charge in [-0.15, -0.1) is 0 Å². The van der Waals surface area contributed by atoms with Gasteiger partial charge in [-0.05, 0) is 24.6 Å². The Morgan fingerprint density at radius 2 is 2.08 bits per heavy atom. The molecule has 13 heavy (non-hydrogen) atoms. The molecule has 0 fully saturated rings. The predicted octanol–water partition coefficient (Wildman–Crippen LogP) is 1.10. The average Bonchev–Trinajstić information content (AvgIpc) is 2.32. The van der Waals surface area contributed by atoms with E-state index in [4.69, 9.17) is 0 Å². The molecule has 0 bridgehead atoms. The van der Waals surface area contributed by atoms with E-state index < -0.39 is 11.0 Å². The summed E-state index contributed by atoms with van der Waals surface area (Å²) in [5.74, 6) is -0.159. The van der Waals surface area contributed by atoms with Crippen molar-refractivity contribution in [1.29, 1.82) is 0 Å². The first-order chi connectivity index (χ1) is 6.11. The zero-order valence-corrected chi connectivity index (χ0v) is 8.22. The monoisotopic (exact) mass is 195 g/mol. The second-order valence-electron chi connectivity index (χ2n) is 3.05. The minimum absolute atomic E-state index is 0.159. The number of hydrogen-bond donors (Lipinski definition) is 0. The molecule has 1 aliphatic rings. The lowest BCUT2D eigenvalue weighted by atomic mass is 10.1. The fourth-order valence-corrected chi connectivity index (χ4v) is 2.52. The van der Waals surface area contributed by atoms with Crippen LogP contribution in [-0.2, 0) is 11.0 Å². The van der Waals surface area contributed by atoms with Gasteiger partial charge in [0, 0.05) is 7.05 Å². The molecule has 0 radical (unpaired) electrons. The summed E-state index contributed by atoms with van der Waals surface area (Å²) < 4.78 is 12.8. The lowest BCUT2D eigenvalue weighted by Gasteiger charge is -2.03. The first-order valence-corrected chi connectivity index (χ1v) is 5.02. The van der Waals surface area contributed by atoms with Gasteiger partial charge in [-0.25, -0.2) is 4.21 Å². The van der Waals surface area contributed by atoms with Crippen molar-refractivity contribution in [2.75, 3.05) is 7.05 Å². The highest BCUT2D eigenvalue weighted by Crippen LogP contribution is 2.26. The molecule has 1 aromatic carbocycles. The maximum Gasteiger partial charge on any atom is 0.266 e. The summed E-state index contributed by atoms with van der Waals surface area (Å²) in [6.45, 7) is 1.92. The highest BCUT2D eigenvalue weighted by molar-refractivity contribution is 7.83. The molecule has 1 heterocycles. The Morgan fingerprint density at radius 1 is 1.38 bits per heavy atom. The molecule has 1 atom stereocenters. The zero-order chi connectivity index (χ0) is 9.59. The van der Waals surface area contributed by atoms with E-state index >= 15 is 0 Å². The largest absolute Gasteiger partial charge is 0.268 e. The van der Waals surface area contributed by atoms with E-state index in [1.165, 1.54) is 4.31 Å². The Balaban J connectivity index is 2.67. The standard InChI is InChI=1S/C9H9NO2S/c1-6-3-4-7-8(5-6)13(12)10(2)9(7)11/h3-5H,1-2H3. The molecule has 0 spiro atoms. The van der Waals surface area contributed by atoms with E-state index in [1.807, 2.05) is 13.0 Å². The minimum atomic E-state index is -1.30. The Labute approximate surface area is 79.0 Å². The van der Waals surface area contributed by atoms with Crippen LogP contribution >= 0.6 is 0 Å². The average molecular weight is 195 g/mol. The quantitative estimate of drug-likeness (QED) is 0.621. The maximum absolute atomic E-state index is 11.6. The van der Waals surface area contributed by atoms with Crippen LogP contribution < -0.4 is 0 Å². The van der Waals surface area contributed by atoms with E-state index in [9.17, 15) is 9.00 Å². The second kappa shape index (κ2) is 2.67. The van der Waals surface area contributed by atoms with E-state index in [0.29, 0.717) is 10.5 Å². The van der Waals surface area contributed by atoms with Gasteiger partial charge >= 0.3 is 0 Å². The Hall–Kier alpha value is -1.16. The van der Waals surface area contributed by atoms with Crippen LogP contribution in [0.5, 0.6) is 0 Å². The number of aryl methyl sites for hydroxylation is 1. The van der Waals surface area contributed by atoms with Crippen molar-refractivity contribution in [2.45, 2.75) is 11.8 Å². The van der Waals surface area contributed by atoms with Crippen molar-refractivity contribution in [3.05, 3.63) is 29.3 Å². The molecule has 68 valence electrons. The third-order valence-electron chi connectivity index (χ3n) is 2.09. The summed E-state index contributed by atoms with van der Waals surface area (Å²) in [5, 5.41) is 0. The summed E-state index contributed by atoms with van der Waals surface area (Å²) in [7, 11) is 0.250. The predicted molar refractivity (Wildman–Crippen MR) is 49.7 cm³/mol. The van der Waals surface area contributed by atoms with E-state index in [-0.39, 0.29) is 5.91 Å². The van der Waals surface area contributed by atoms with Crippen LogP contribution in [0.1, 0.15) is 15.9 Å². The SMILES string of the molecule is Cc1ccc2c(c1)S(=O)N(C)C2=O. The van der Waals surface area contributed by atoms with E-state index in [0.717, 1.165) is 5.56 Å². The zero-order valence-electron chi connectivity index (χ0n) is 7.40. The lowest BCUT2D eigenvalue weighted by Crippen LogP contribution is -2.20. The number of benzene rings is 1. The molecule has 0 saturated heterocycles. The third kappa shape index (κ3) is 1.09. The molecule has 2 rings (SSSR count). The molecule has 1 unspecified atom stereocenters. The first-order valence-electron chi connectivity index (χ1n) is 3.92. The normalized spacial score (nSPS) is 20.6. The number of carbonyl (C=O) groups excluding carboxylic acids is 1. The molecule has 1 aliphatic heterocycles. The van der Waals surface area contributed by atoms with Gasteiger partial charge in [0.2, 0.25) is 0 Å². The molecule has 0 N–H and O–H groups in total. The Morgan fingerprint density at radius 3 is 2.77 bits per heavy atom. The summed E-state index contributed by atoms with van der Waals surface area (Å²) in [6.07, 6.45) is 0. The minimum Gasteiger partial charge on any atom is -0.268 e. The molecular formula is C9H9NO2S. The summed E-state index contributed by atoms with van der Waals surface area (Å²) in [4.78, 5) is 12.1. The molecule has 1 aromatic rings. The van der Waals surface area contributed by atoms with Crippen LogP contribution in [-0.4, -0.2) is 21.5 Å². The van der Waals surface area contributed by atoms with Gasteiger partial charge < -0.3 is 0 Å². The van der Waals surface area contributed by atoms with Crippen molar-refractivity contribution in [1.82, 2.24) is 4.31 Å². The van der Waals surface area contributed by atoms with Gasteiger partial charge in [-0.2, -0.15) is 0 Å².